The van der Waals surface area contributed by atoms with Gasteiger partial charge in [0.25, 0.3) is 0 Å². The number of hydrogen-bond donors (Lipinski definition) is 1. The van der Waals surface area contributed by atoms with Crippen molar-refractivity contribution in [2.24, 2.45) is 0 Å². The van der Waals surface area contributed by atoms with Crippen molar-refractivity contribution in [3.63, 3.8) is 0 Å². The number of methoxy groups -OCH3 is 2. The van der Waals surface area contributed by atoms with Crippen molar-refractivity contribution >= 4 is 0 Å². The van der Waals surface area contributed by atoms with Crippen LogP contribution >= 0.6 is 0 Å². The minimum Gasteiger partial charge on any atom is -0.496 e. The maximum atomic E-state index is 13.9. The molecule has 1 N–H and O–H groups in total. The Morgan fingerprint density at radius 1 is 1.05 bits per heavy atom. The van der Waals surface area contributed by atoms with Crippen molar-refractivity contribution in [2.75, 3.05) is 21.3 Å². The lowest BCUT2D eigenvalue weighted by atomic mass is 9.96. The van der Waals surface area contributed by atoms with Crippen molar-refractivity contribution in [1.29, 1.82) is 0 Å². The molecule has 3 nitrogen and oxygen atoms in total. The first-order chi connectivity index (χ1) is 10.1. The van der Waals surface area contributed by atoms with Gasteiger partial charge in [-0.25, -0.2) is 4.39 Å². The van der Waals surface area contributed by atoms with Crippen LogP contribution in [0.3, 0.4) is 0 Å². The molecule has 0 fully saturated rings. The molecule has 4 heteroatoms. The van der Waals surface area contributed by atoms with E-state index in [0.29, 0.717) is 17.1 Å². The van der Waals surface area contributed by atoms with E-state index < -0.39 is 0 Å². The van der Waals surface area contributed by atoms with Crippen LogP contribution in [0.5, 0.6) is 11.5 Å². The summed E-state index contributed by atoms with van der Waals surface area (Å²) in [5.41, 5.74) is 2.30. The summed E-state index contributed by atoms with van der Waals surface area (Å²) in [5, 5.41) is 3.20. The maximum absolute atomic E-state index is 13.9. The second-order valence-corrected chi connectivity index (χ2v) is 4.81. The molecule has 0 aromatic heterocycles. The smallest absolute Gasteiger partial charge is 0.127 e. The summed E-state index contributed by atoms with van der Waals surface area (Å²) in [5.74, 6) is 1.19. The number of halogens is 1. The maximum Gasteiger partial charge on any atom is 0.127 e. The lowest BCUT2D eigenvalue weighted by molar-refractivity contribution is 0.378. The van der Waals surface area contributed by atoms with E-state index in [1.165, 1.54) is 0 Å². The van der Waals surface area contributed by atoms with Gasteiger partial charge < -0.3 is 14.8 Å². The largest absolute Gasteiger partial charge is 0.496 e. The second-order valence-electron chi connectivity index (χ2n) is 4.81. The Labute approximate surface area is 124 Å². The summed E-state index contributed by atoms with van der Waals surface area (Å²) in [6.45, 7) is 1.75. The highest BCUT2D eigenvalue weighted by Crippen LogP contribution is 2.37. The molecule has 0 aliphatic heterocycles. The van der Waals surface area contributed by atoms with Gasteiger partial charge in [-0.2, -0.15) is 0 Å². The Balaban J connectivity index is 2.57. The fourth-order valence-electron chi connectivity index (χ4n) is 2.43. The molecule has 1 atom stereocenters. The van der Waals surface area contributed by atoms with Gasteiger partial charge in [-0.1, -0.05) is 18.2 Å². The number of rotatable bonds is 5. The van der Waals surface area contributed by atoms with Crippen molar-refractivity contribution < 1.29 is 13.9 Å². The van der Waals surface area contributed by atoms with E-state index in [1.54, 1.807) is 33.3 Å². The highest BCUT2D eigenvalue weighted by Gasteiger charge is 2.21. The average Bonchev–Trinajstić information content (AvgIpc) is 2.51. The molecule has 0 amide bonds. The number of ether oxygens (including phenoxy) is 2. The number of nitrogens with one attached hydrogen (secondary N) is 1. The van der Waals surface area contributed by atoms with Gasteiger partial charge in [0.2, 0.25) is 0 Å². The first-order valence-electron chi connectivity index (χ1n) is 6.76. The lowest BCUT2D eigenvalue weighted by Gasteiger charge is -2.22. The third-order valence-corrected chi connectivity index (χ3v) is 3.57. The fourth-order valence-corrected chi connectivity index (χ4v) is 2.43. The molecule has 0 aliphatic rings. The zero-order valence-electron chi connectivity index (χ0n) is 12.7. The Bertz CT molecular complexity index is 606. The normalized spacial score (nSPS) is 12.0. The van der Waals surface area contributed by atoms with E-state index in [0.717, 1.165) is 11.1 Å². The summed E-state index contributed by atoms with van der Waals surface area (Å²) in [4.78, 5) is 0. The number of aryl methyl sites for hydroxylation is 1. The van der Waals surface area contributed by atoms with Gasteiger partial charge in [0.05, 0.1) is 25.8 Å². The van der Waals surface area contributed by atoms with Crippen molar-refractivity contribution in [3.8, 4) is 11.5 Å². The molecule has 1 unspecified atom stereocenters. The van der Waals surface area contributed by atoms with E-state index in [4.69, 9.17) is 9.47 Å². The molecule has 0 saturated carbocycles. The SMILES string of the molecule is CNC(c1ccc(C)c(F)c1)c1c(OC)cccc1OC. The van der Waals surface area contributed by atoms with Gasteiger partial charge in [0.15, 0.2) is 0 Å². The van der Waals surface area contributed by atoms with Gasteiger partial charge in [-0.3, -0.25) is 0 Å². The molecule has 0 aliphatic carbocycles. The molecule has 2 aromatic carbocycles. The third-order valence-electron chi connectivity index (χ3n) is 3.57. The fraction of sp³-hybridized carbons (Fsp3) is 0.294. The van der Waals surface area contributed by atoms with Crippen LogP contribution in [0.25, 0.3) is 0 Å². The quantitative estimate of drug-likeness (QED) is 0.914. The summed E-state index contributed by atoms with van der Waals surface area (Å²) < 4.78 is 24.7. The summed E-state index contributed by atoms with van der Waals surface area (Å²) in [6.07, 6.45) is 0. The molecular weight excluding hydrogens is 269 g/mol. The van der Waals surface area contributed by atoms with Crippen LogP contribution in [0.1, 0.15) is 22.7 Å². The van der Waals surface area contributed by atoms with Crippen LogP contribution in [0.2, 0.25) is 0 Å². The minimum absolute atomic E-state index is 0.216. The monoisotopic (exact) mass is 289 g/mol. The molecule has 21 heavy (non-hydrogen) atoms. The van der Waals surface area contributed by atoms with E-state index in [2.05, 4.69) is 5.32 Å². The first-order valence-corrected chi connectivity index (χ1v) is 6.76. The highest BCUT2D eigenvalue weighted by molar-refractivity contribution is 5.50. The van der Waals surface area contributed by atoms with Crippen molar-refractivity contribution in [1.82, 2.24) is 5.32 Å². The lowest BCUT2D eigenvalue weighted by Crippen LogP contribution is -2.19. The predicted molar refractivity (Wildman–Crippen MR) is 81.6 cm³/mol. The Kier molecular flexibility index (Phi) is 4.81. The van der Waals surface area contributed by atoms with Gasteiger partial charge in [-0.15, -0.1) is 0 Å². The van der Waals surface area contributed by atoms with Crippen LogP contribution in [-0.2, 0) is 0 Å². The predicted octanol–water partition coefficient (Wildman–Crippen LogP) is 3.46. The minimum atomic E-state index is -0.221. The van der Waals surface area contributed by atoms with Gasteiger partial charge in [0.1, 0.15) is 17.3 Å². The summed E-state index contributed by atoms with van der Waals surface area (Å²) in [6, 6.07) is 10.6. The molecule has 0 radical (unpaired) electrons. The topological polar surface area (TPSA) is 30.5 Å². The van der Waals surface area contributed by atoms with Crippen LogP contribution in [0, 0.1) is 12.7 Å². The molecule has 0 heterocycles. The summed E-state index contributed by atoms with van der Waals surface area (Å²) >= 11 is 0. The van der Waals surface area contributed by atoms with E-state index in [-0.39, 0.29) is 11.9 Å². The van der Waals surface area contributed by atoms with E-state index in [9.17, 15) is 4.39 Å². The van der Waals surface area contributed by atoms with Crippen LogP contribution in [0.4, 0.5) is 4.39 Å². The van der Waals surface area contributed by atoms with E-state index >= 15 is 0 Å². The Hall–Kier alpha value is -2.07. The highest BCUT2D eigenvalue weighted by atomic mass is 19.1. The Morgan fingerprint density at radius 3 is 2.14 bits per heavy atom. The van der Waals surface area contributed by atoms with Crippen LogP contribution in [-0.4, -0.2) is 21.3 Å². The zero-order chi connectivity index (χ0) is 15.4. The molecule has 2 aromatic rings. The van der Waals surface area contributed by atoms with Gasteiger partial charge >= 0.3 is 0 Å². The van der Waals surface area contributed by atoms with Gasteiger partial charge in [0, 0.05) is 0 Å². The molecule has 0 bridgehead atoms. The molecule has 2 rings (SSSR count). The van der Waals surface area contributed by atoms with E-state index in [1.807, 2.05) is 31.3 Å². The zero-order valence-corrected chi connectivity index (χ0v) is 12.7. The second kappa shape index (κ2) is 6.59. The molecule has 0 spiro atoms. The molecule has 0 saturated heterocycles. The van der Waals surface area contributed by atoms with Crippen molar-refractivity contribution in [3.05, 3.63) is 58.9 Å². The average molecular weight is 289 g/mol. The Morgan fingerprint density at radius 2 is 1.67 bits per heavy atom. The summed E-state index contributed by atoms with van der Waals surface area (Å²) in [7, 11) is 5.05. The third kappa shape index (κ3) is 3.00. The molecular formula is C17H20FNO2. The number of benzene rings is 2. The molecule has 112 valence electrons. The van der Waals surface area contributed by atoms with Gasteiger partial charge in [-0.05, 0) is 43.3 Å². The standard InChI is InChI=1S/C17H20FNO2/c1-11-8-9-12(10-13(11)18)17(19-2)16-14(20-3)6-5-7-15(16)21-4/h5-10,17,19H,1-4H3. The van der Waals surface area contributed by atoms with Crippen LogP contribution in [0.15, 0.2) is 36.4 Å². The van der Waals surface area contributed by atoms with Crippen LogP contribution < -0.4 is 14.8 Å². The number of hydrogen-bond acceptors (Lipinski definition) is 3. The first kappa shape index (κ1) is 15.3. The van der Waals surface area contributed by atoms with Crippen molar-refractivity contribution in [2.45, 2.75) is 13.0 Å².